The van der Waals surface area contributed by atoms with Crippen LogP contribution in [0.4, 0.5) is 5.69 Å². The molecule has 1 aliphatic heterocycles. The molecule has 1 unspecified atom stereocenters. The zero-order valence-electron chi connectivity index (χ0n) is 15.3. The van der Waals surface area contributed by atoms with Crippen molar-refractivity contribution in [2.24, 2.45) is 5.73 Å². The molecule has 0 saturated carbocycles. The van der Waals surface area contributed by atoms with E-state index in [2.05, 4.69) is 10.6 Å². The van der Waals surface area contributed by atoms with E-state index in [-0.39, 0.29) is 54.7 Å². The Morgan fingerprint density at radius 3 is 2.48 bits per heavy atom. The maximum Gasteiger partial charge on any atom is 0.243 e. The Morgan fingerprint density at radius 1 is 1.22 bits per heavy atom. The Morgan fingerprint density at radius 2 is 1.89 bits per heavy atom. The van der Waals surface area contributed by atoms with Gasteiger partial charge in [-0.25, -0.2) is 8.42 Å². The standard InChI is InChI=1S/C17H26N4O4S.ClH/c1-13(22)20-14-5-7-16(8-6-14)26(24,25)21-11-3-2-4-15(21)12-19-17(23)9-10-18;/h5-8,15H,2-4,9-12,18H2,1H3,(H,19,23)(H,20,22);1H. The van der Waals surface area contributed by atoms with Crippen molar-refractivity contribution in [3.63, 3.8) is 0 Å². The topological polar surface area (TPSA) is 122 Å². The molecular weight excluding hydrogens is 392 g/mol. The number of amides is 2. The monoisotopic (exact) mass is 418 g/mol. The first-order valence-corrected chi connectivity index (χ1v) is 10.1. The lowest BCUT2D eigenvalue weighted by atomic mass is 10.1. The van der Waals surface area contributed by atoms with E-state index >= 15 is 0 Å². The molecule has 1 aliphatic rings. The van der Waals surface area contributed by atoms with Crippen LogP contribution in [0.2, 0.25) is 0 Å². The highest BCUT2D eigenvalue weighted by Crippen LogP contribution is 2.26. The Labute approximate surface area is 166 Å². The quantitative estimate of drug-likeness (QED) is 0.611. The summed E-state index contributed by atoms with van der Waals surface area (Å²) >= 11 is 0. The second-order valence-electron chi connectivity index (χ2n) is 6.31. The van der Waals surface area contributed by atoms with Gasteiger partial charge in [0, 0.05) is 44.7 Å². The molecule has 1 heterocycles. The fourth-order valence-corrected chi connectivity index (χ4v) is 4.69. The number of carbonyl (C=O) groups excluding carboxylic acids is 2. The van der Waals surface area contributed by atoms with Crippen molar-refractivity contribution < 1.29 is 18.0 Å². The van der Waals surface area contributed by atoms with Crippen LogP contribution in [0, 0.1) is 0 Å². The molecule has 1 saturated heterocycles. The van der Waals surface area contributed by atoms with Crippen molar-refractivity contribution in [2.45, 2.75) is 43.5 Å². The number of benzene rings is 1. The van der Waals surface area contributed by atoms with Crippen LogP contribution in [0.3, 0.4) is 0 Å². The van der Waals surface area contributed by atoms with Gasteiger partial charge in [-0.15, -0.1) is 12.4 Å². The first kappa shape index (κ1) is 23.4. The second kappa shape index (κ2) is 10.6. The fourth-order valence-electron chi connectivity index (χ4n) is 2.99. The van der Waals surface area contributed by atoms with Crippen LogP contribution in [0.5, 0.6) is 0 Å². The van der Waals surface area contributed by atoms with Crippen LogP contribution in [-0.4, -0.2) is 50.2 Å². The molecule has 4 N–H and O–H groups in total. The fraction of sp³-hybridized carbons (Fsp3) is 0.529. The number of sulfonamides is 1. The SMILES string of the molecule is CC(=O)Nc1ccc(S(=O)(=O)N2CCCCC2CNC(=O)CCN)cc1.Cl. The second-order valence-corrected chi connectivity index (χ2v) is 8.20. The lowest BCUT2D eigenvalue weighted by Crippen LogP contribution is -2.49. The lowest BCUT2D eigenvalue weighted by molar-refractivity contribution is -0.121. The van der Waals surface area contributed by atoms with Crippen LogP contribution in [-0.2, 0) is 19.6 Å². The number of rotatable bonds is 7. The molecule has 1 aromatic carbocycles. The zero-order chi connectivity index (χ0) is 19.2. The first-order chi connectivity index (χ1) is 12.3. The van der Waals surface area contributed by atoms with Gasteiger partial charge in [0.15, 0.2) is 0 Å². The minimum absolute atomic E-state index is 0. The van der Waals surface area contributed by atoms with E-state index in [1.54, 1.807) is 12.1 Å². The molecule has 2 rings (SSSR count). The predicted molar refractivity (Wildman–Crippen MR) is 106 cm³/mol. The molecular formula is C17H27ClN4O4S. The molecule has 0 aliphatic carbocycles. The molecule has 0 bridgehead atoms. The van der Waals surface area contributed by atoms with Crippen LogP contribution >= 0.6 is 12.4 Å². The summed E-state index contributed by atoms with van der Waals surface area (Å²) in [6.45, 7) is 2.36. The number of piperidine rings is 1. The van der Waals surface area contributed by atoms with Crippen molar-refractivity contribution in [1.29, 1.82) is 0 Å². The van der Waals surface area contributed by atoms with Gasteiger partial charge in [0.25, 0.3) is 0 Å². The van der Waals surface area contributed by atoms with Crippen molar-refractivity contribution in [2.75, 3.05) is 25.0 Å². The number of hydrogen-bond donors (Lipinski definition) is 3. The Balaban J connectivity index is 0.00000364. The number of nitrogens with zero attached hydrogens (tertiary/aromatic N) is 1. The maximum atomic E-state index is 13.0. The Bertz CT molecular complexity index is 740. The number of anilines is 1. The molecule has 2 amide bonds. The van der Waals surface area contributed by atoms with Crippen molar-refractivity contribution in [1.82, 2.24) is 9.62 Å². The van der Waals surface area contributed by atoms with E-state index < -0.39 is 10.0 Å². The summed E-state index contributed by atoms with van der Waals surface area (Å²) in [5.74, 6) is -0.389. The van der Waals surface area contributed by atoms with Gasteiger partial charge in [-0.1, -0.05) is 6.42 Å². The highest BCUT2D eigenvalue weighted by atomic mass is 35.5. The van der Waals surface area contributed by atoms with Gasteiger partial charge in [0.2, 0.25) is 21.8 Å². The van der Waals surface area contributed by atoms with Crippen molar-refractivity contribution >= 4 is 39.9 Å². The summed E-state index contributed by atoms with van der Waals surface area (Å²) in [5.41, 5.74) is 5.90. The Kier molecular flexibility index (Phi) is 9.17. The van der Waals surface area contributed by atoms with Gasteiger partial charge in [-0.05, 0) is 37.1 Å². The molecule has 152 valence electrons. The minimum Gasteiger partial charge on any atom is -0.354 e. The summed E-state index contributed by atoms with van der Waals surface area (Å²) in [4.78, 5) is 22.9. The molecule has 1 fully saturated rings. The van der Waals surface area contributed by atoms with Gasteiger partial charge < -0.3 is 16.4 Å². The average Bonchev–Trinajstić information content (AvgIpc) is 2.60. The van der Waals surface area contributed by atoms with Gasteiger partial charge in [0.05, 0.1) is 4.90 Å². The average molecular weight is 419 g/mol. The summed E-state index contributed by atoms with van der Waals surface area (Å²) in [6.07, 6.45) is 2.64. The predicted octanol–water partition coefficient (Wildman–Crippen LogP) is 1.08. The highest BCUT2D eigenvalue weighted by molar-refractivity contribution is 7.89. The molecule has 0 spiro atoms. The third kappa shape index (κ3) is 6.46. The molecule has 1 aromatic rings. The third-order valence-electron chi connectivity index (χ3n) is 4.26. The van der Waals surface area contributed by atoms with Crippen molar-refractivity contribution in [3.8, 4) is 0 Å². The molecule has 8 nitrogen and oxygen atoms in total. The van der Waals surface area contributed by atoms with Crippen LogP contribution in [0.1, 0.15) is 32.6 Å². The van der Waals surface area contributed by atoms with Crippen LogP contribution in [0.25, 0.3) is 0 Å². The summed E-state index contributed by atoms with van der Waals surface area (Å²) in [5, 5.41) is 5.38. The number of nitrogens with two attached hydrogens (primary N) is 1. The van der Waals surface area contributed by atoms with E-state index in [0.29, 0.717) is 18.7 Å². The van der Waals surface area contributed by atoms with Gasteiger partial charge in [0.1, 0.15) is 0 Å². The van der Waals surface area contributed by atoms with E-state index in [9.17, 15) is 18.0 Å². The van der Waals surface area contributed by atoms with E-state index in [1.807, 2.05) is 0 Å². The van der Waals surface area contributed by atoms with E-state index in [4.69, 9.17) is 5.73 Å². The number of hydrogen-bond acceptors (Lipinski definition) is 5. The molecule has 1 atom stereocenters. The molecule has 0 radical (unpaired) electrons. The highest BCUT2D eigenvalue weighted by Gasteiger charge is 2.33. The zero-order valence-corrected chi connectivity index (χ0v) is 16.9. The number of nitrogens with one attached hydrogen (secondary N) is 2. The minimum atomic E-state index is -3.67. The Hall–Kier alpha value is -1.68. The van der Waals surface area contributed by atoms with Gasteiger partial charge in [-0.2, -0.15) is 4.31 Å². The van der Waals surface area contributed by atoms with Crippen LogP contribution < -0.4 is 16.4 Å². The van der Waals surface area contributed by atoms with E-state index in [1.165, 1.54) is 23.4 Å². The van der Waals surface area contributed by atoms with Crippen molar-refractivity contribution in [3.05, 3.63) is 24.3 Å². The molecule has 0 aromatic heterocycles. The largest absolute Gasteiger partial charge is 0.354 e. The maximum absolute atomic E-state index is 13.0. The smallest absolute Gasteiger partial charge is 0.243 e. The summed E-state index contributed by atoms with van der Waals surface area (Å²) < 4.78 is 27.5. The normalized spacial score (nSPS) is 17.6. The summed E-state index contributed by atoms with van der Waals surface area (Å²) in [6, 6.07) is 5.83. The van der Waals surface area contributed by atoms with E-state index in [0.717, 1.165) is 12.8 Å². The first-order valence-electron chi connectivity index (χ1n) is 8.71. The van der Waals surface area contributed by atoms with Gasteiger partial charge >= 0.3 is 0 Å². The molecule has 10 heteroatoms. The van der Waals surface area contributed by atoms with Gasteiger partial charge in [-0.3, -0.25) is 9.59 Å². The number of halogens is 1. The third-order valence-corrected chi connectivity index (χ3v) is 6.23. The number of carbonyl (C=O) groups is 2. The molecule has 27 heavy (non-hydrogen) atoms. The summed E-state index contributed by atoms with van der Waals surface area (Å²) in [7, 11) is -3.67. The lowest BCUT2D eigenvalue weighted by Gasteiger charge is -2.34. The van der Waals surface area contributed by atoms with Crippen LogP contribution in [0.15, 0.2) is 29.2 Å².